The van der Waals surface area contributed by atoms with Gasteiger partial charge in [-0.3, -0.25) is 0 Å². The third-order valence-corrected chi connectivity index (χ3v) is 0. The molecule has 0 aliphatic heterocycles. The number of nitrogens with two attached hydrogens (primary N) is 1. The third kappa shape index (κ3) is 667000. The SMILES string of the molecule is O=[N+]([O-])O.[NH2][Hg].[NH4+].[OH-]. The minimum atomic E-state index is -1.50. The molecule has 0 aliphatic carbocycles. The molecular formula is H8HgN3O4. The van der Waals surface area contributed by atoms with Crippen LogP contribution in [0.15, 0.2) is 0 Å². The predicted octanol–water partition coefficient (Wildman–Crippen LogP) is -0.741. The Kier molecular flexibility index (Phi) is 85.4. The second-order valence-corrected chi connectivity index (χ2v) is 0.238. The maximum Gasteiger partial charge on any atom is -0.369 e. The molecular weight excluding hydrogens is 307 g/mol. The van der Waals surface area contributed by atoms with Crippen molar-refractivity contribution in [3.8, 4) is 0 Å². The number of hydrogen-bond donors (Lipinski definition) is 3. The summed E-state index contributed by atoms with van der Waals surface area (Å²) in [7, 11) is 0. The Balaban J connectivity index is -0.0000000183. The molecule has 0 rings (SSSR count). The quantitative estimate of drug-likeness (QED) is 0.305. The molecule has 0 spiro atoms. The van der Waals surface area contributed by atoms with E-state index in [1.54, 1.807) is 0 Å². The zero-order chi connectivity index (χ0) is 5.58. The number of nitrogens with zero attached hydrogens (tertiary/aromatic N) is 1. The van der Waals surface area contributed by atoms with Crippen molar-refractivity contribution in [2.45, 2.75) is 0 Å². The summed E-state index contributed by atoms with van der Waals surface area (Å²) in [6, 6.07) is 0. The zero-order valence-electron chi connectivity index (χ0n) is 4.44. The first kappa shape index (κ1) is 24.5. The van der Waals surface area contributed by atoms with E-state index in [1.165, 1.54) is 0 Å². The Bertz CT molecular complexity index is 34.3. The predicted molar refractivity (Wildman–Crippen MR) is 20.9 cm³/mol. The molecule has 0 saturated heterocycles. The zero-order valence-corrected chi connectivity index (χ0v) is 9.94. The van der Waals surface area contributed by atoms with E-state index in [0.717, 1.165) is 0 Å². The molecule has 0 radical (unpaired) electrons. The van der Waals surface area contributed by atoms with Gasteiger partial charge in [-0.1, -0.05) is 0 Å². The summed E-state index contributed by atoms with van der Waals surface area (Å²) in [4.78, 5) is 8.36. The minimum Gasteiger partial charge on any atom is -0.870 e. The Hall–Kier alpha value is 0.0151. The number of rotatable bonds is 0. The van der Waals surface area contributed by atoms with Gasteiger partial charge >= 0.3 is 29.9 Å². The Labute approximate surface area is 62.3 Å². The second kappa shape index (κ2) is 27.9. The molecule has 8 heteroatoms. The van der Waals surface area contributed by atoms with Crippen molar-refractivity contribution < 1.29 is 42.2 Å². The van der Waals surface area contributed by atoms with Gasteiger partial charge in [0.25, 0.3) is 5.09 Å². The smallest absolute Gasteiger partial charge is 0.369 e. The normalized spacial score (nSPS) is 3.88. The molecule has 0 aromatic rings. The fourth-order valence-corrected chi connectivity index (χ4v) is 0. The maximum atomic E-state index is 8.36. The van der Waals surface area contributed by atoms with Crippen LogP contribution in [-0.2, 0) is 26.4 Å². The summed E-state index contributed by atoms with van der Waals surface area (Å²) in [5, 5.41) is 13.6. The van der Waals surface area contributed by atoms with Gasteiger partial charge < -0.3 is 16.8 Å². The second-order valence-electron chi connectivity index (χ2n) is 0.238. The topological polar surface area (TPSA) is 156 Å². The Morgan fingerprint density at radius 2 is 1.62 bits per heavy atom. The Morgan fingerprint density at radius 3 is 1.62 bits per heavy atom. The van der Waals surface area contributed by atoms with E-state index in [2.05, 4.69) is 0 Å². The van der Waals surface area contributed by atoms with E-state index < -0.39 is 5.09 Å². The van der Waals surface area contributed by atoms with Crippen LogP contribution in [0.2, 0.25) is 0 Å². The van der Waals surface area contributed by atoms with Crippen LogP contribution in [0.3, 0.4) is 0 Å². The molecule has 0 saturated carbocycles. The molecule has 49 valence electrons. The van der Waals surface area contributed by atoms with E-state index in [1.807, 2.05) is 0 Å². The van der Waals surface area contributed by atoms with Crippen LogP contribution in [0, 0.1) is 10.1 Å². The van der Waals surface area contributed by atoms with Crippen molar-refractivity contribution >= 4 is 0 Å². The van der Waals surface area contributed by atoms with Gasteiger partial charge in [0.2, 0.25) is 0 Å². The average Bonchev–Trinajstić information content (AvgIpc) is 1.41. The molecule has 8 heavy (non-hydrogen) atoms. The Morgan fingerprint density at radius 1 is 1.62 bits per heavy atom. The molecule has 0 amide bonds. The summed E-state index contributed by atoms with van der Waals surface area (Å²) in [6.45, 7) is 0. The molecule has 7 nitrogen and oxygen atoms in total. The number of quaternary nitrogens is 1. The molecule has 0 unspecified atom stereocenters. The molecule has 0 heterocycles. The van der Waals surface area contributed by atoms with E-state index in [9.17, 15) is 0 Å². The first-order chi connectivity index (χ1) is 2.73. The summed E-state index contributed by atoms with van der Waals surface area (Å²) in [5.74, 6) is 0. The summed E-state index contributed by atoms with van der Waals surface area (Å²) in [5.41, 5.74) is 0. The van der Waals surface area contributed by atoms with Crippen molar-refractivity contribution in [3.63, 3.8) is 0 Å². The van der Waals surface area contributed by atoms with Gasteiger partial charge in [-0.2, -0.15) is 0 Å². The van der Waals surface area contributed by atoms with Crippen molar-refractivity contribution in [2.24, 2.45) is 3.50 Å². The van der Waals surface area contributed by atoms with Gasteiger partial charge in [-0.15, -0.1) is 10.1 Å². The average molecular weight is 315 g/mol. The van der Waals surface area contributed by atoms with Crippen LogP contribution >= 0.6 is 0 Å². The van der Waals surface area contributed by atoms with Gasteiger partial charge in [-0.25, -0.2) is 0 Å². The van der Waals surface area contributed by atoms with Crippen LogP contribution in [0.1, 0.15) is 0 Å². The van der Waals surface area contributed by atoms with Crippen LogP contribution in [0.5, 0.6) is 0 Å². The minimum absolute atomic E-state index is 0. The van der Waals surface area contributed by atoms with Crippen molar-refractivity contribution in [3.05, 3.63) is 10.1 Å². The summed E-state index contributed by atoms with van der Waals surface area (Å²) in [6.07, 6.45) is 0. The first-order valence-electron chi connectivity index (χ1n) is 0.973. The van der Waals surface area contributed by atoms with Gasteiger partial charge in [0, 0.05) is 0 Å². The van der Waals surface area contributed by atoms with Gasteiger partial charge in [0.15, 0.2) is 0 Å². The third-order valence-electron chi connectivity index (χ3n) is 0. The maximum absolute atomic E-state index is 8.36. The first-order valence-corrected chi connectivity index (χ1v) is 4.15. The van der Waals surface area contributed by atoms with Crippen LogP contribution in [-0.4, -0.2) is 15.8 Å². The fraction of sp³-hybridized carbons (Fsp3) is 0. The van der Waals surface area contributed by atoms with E-state index in [4.69, 9.17) is 18.8 Å². The molecule has 0 aromatic heterocycles. The van der Waals surface area contributed by atoms with Gasteiger partial charge in [0.1, 0.15) is 0 Å². The molecule has 0 atom stereocenters. The van der Waals surface area contributed by atoms with Crippen molar-refractivity contribution in [1.82, 2.24) is 6.15 Å². The summed E-state index contributed by atoms with van der Waals surface area (Å²) < 4.78 is 4.69. The fourth-order valence-electron chi connectivity index (χ4n) is 0. The number of hydrogen-bond acceptors (Lipinski definition) is 4. The molecule has 8 N–H and O–H groups in total. The van der Waals surface area contributed by atoms with E-state index in [0.29, 0.717) is 26.4 Å². The summed E-state index contributed by atoms with van der Waals surface area (Å²) >= 11 is 0.528. The van der Waals surface area contributed by atoms with Crippen molar-refractivity contribution in [1.29, 1.82) is 0 Å². The van der Waals surface area contributed by atoms with Crippen LogP contribution in [0.25, 0.3) is 0 Å². The monoisotopic (exact) mass is 316 g/mol. The molecule has 0 aliphatic rings. The van der Waals surface area contributed by atoms with Crippen molar-refractivity contribution in [2.75, 3.05) is 0 Å². The van der Waals surface area contributed by atoms with Crippen LogP contribution in [0.4, 0.5) is 0 Å². The molecule has 0 fully saturated rings. The largest absolute Gasteiger partial charge is 0.870 e. The van der Waals surface area contributed by atoms with E-state index in [-0.39, 0.29) is 11.6 Å². The van der Waals surface area contributed by atoms with E-state index >= 15 is 0 Å². The molecule has 0 bridgehead atoms. The van der Waals surface area contributed by atoms with Gasteiger partial charge in [0.05, 0.1) is 0 Å². The molecule has 0 aromatic carbocycles. The standard InChI is InChI=1S/Hg.HNO3.H3N.H2N.H2O/c;2-1(3)4;;;/h;(H,2,3,4);1H3;2*1H2/q+1;;;-1;. The van der Waals surface area contributed by atoms with Crippen LogP contribution < -0.4 is 9.65 Å². The van der Waals surface area contributed by atoms with Gasteiger partial charge in [-0.05, 0) is 0 Å².